The summed E-state index contributed by atoms with van der Waals surface area (Å²) in [5, 5.41) is 5.15. The van der Waals surface area contributed by atoms with Gasteiger partial charge in [-0.05, 0) is 42.5 Å². The van der Waals surface area contributed by atoms with Gasteiger partial charge in [0.05, 0.1) is 16.8 Å². The van der Waals surface area contributed by atoms with Crippen molar-refractivity contribution in [3.63, 3.8) is 0 Å². The molecule has 4 rings (SSSR count). The first-order valence-corrected chi connectivity index (χ1v) is 10.7. The second-order valence-electron chi connectivity index (χ2n) is 7.13. The number of pyridine rings is 1. The number of ether oxygens (including phenoxy) is 1. The molecule has 13 heteroatoms. The number of aromatic amines is 1. The molecule has 0 unspecified atom stereocenters. The third-order valence-electron chi connectivity index (χ3n) is 4.62. The van der Waals surface area contributed by atoms with Crippen LogP contribution >= 0.6 is 15.9 Å². The molecule has 0 saturated heterocycles. The third kappa shape index (κ3) is 5.85. The van der Waals surface area contributed by atoms with Crippen molar-refractivity contribution in [2.24, 2.45) is 0 Å². The number of hydrogen-bond donors (Lipinski definition) is 3. The van der Waals surface area contributed by atoms with Gasteiger partial charge in [0.25, 0.3) is 12.3 Å². The zero-order valence-corrected chi connectivity index (χ0v) is 19.0. The molecule has 4 aromatic rings. The minimum atomic E-state index is -4.61. The Morgan fingerprint density at radius 3 is 2.49 bits per heavy atom. The smallest absolute Gasteiger partial charge is 0.418 e. The number of rotatable bonds is 7. The topological polar surface area (TPSA) is 91.9 Å². The molecule has 0 fully saturated rings. The minimum Gasteiger partial charge on any atom is -0.471 e. The van der Waals surface area contributed by atoms with Gasteiger partial charge in [0.1, 0.15) is 5.56 Å². The molecule has 0 bridgehead atoms. The van der Waals surface area contributed by atoms with E-state index in [-0.39, 0.29) is 28.4 Å². The van der Waals surface area contributed by atoms with Crippen LogP contribution in [-0.2, 0) is 6.18 Å². The molecule has 0 saturated carbocycles. The first-order valence-electron chi connectivity index (χ1n) is 9.92. The van der Waals surface area contributed by atoms with Gasteiger partial charge in [-0.25, -0.2) is 8.78 Å². The summed E-state index contributed by atoms with van der Waals surface area (Å²) in [6.45, 7) is -1.02. The number of amides is 1. The molecule has 0 aliphatic heterocycles. The van der Waals surface area contributed by atoms with Crippen molar-refractivity contribution in [3.05, 3.63) is 70.2 Å². The van der Waals surface area contributed by atoms with Gasteiger partial charge in [-0.3, -0.25) is 4.79 Å². The maximum absolute atomic E-state index is 13.3. The average Bonchev–Trinajstić information content (AvgIpc) is 3.19. The lowest BCUT2D eigenvalue weighted by Gasteiger charge is -2.12. The molecule has 0 aliphatic rings. The van der Waals surface area contributed by atoms with Crippen LogP contribution in [0.15, 0.2) is 59.1 Å². The summed E-state index contributed by atoms with van der Waals surface area (Å²) in [6, 6.07) is 12.7. The van der Waals surface area contributed by atoms with Gasteiger partial charge in [0.2, 0.25) is 11.8 Å². The molecule has 2 aromatic heterocycles. The van der Waals surface area contributed by atoms with E-state index in [2.05, 4.69) is 41.5 Å². The molecule has 0 spiro atoms. The zero-order valence-electron chi connectivity index (χ0n) is 17.5. The summed E-state index contributed by atoms with van der Waals surface area (Å²) in [7, 11) is 0. The number of nitrogens with one attached hydrogen (secondary N) is 3. The summed E-state index contributed by atoms with van der Waals surface area (Å²) < 4.78 is 71.2. The lowest BCUT2D eigenvalue weighted by molar-refractivity contribution is -0.136. The Labute approximate surface area is 202 Å². The van der Waals surface area contributed by atoms with Crippen molar-refractivity contribution in [1.82, 2.24) is 15.0 Å². The Balaban J connectivity index is 1.68. The Morgan fingerprint density at radius 1 is 1.09 bits per heavy atom. The summed E-state index contributed by atoms with van der Waals surface area (Å²) in [4.78, 5) is 23.7. The van der Waals surface area contributed by atoms with Crippen LogP contribution in [0.2, 0.25) is 0 Å². The number of benzene rings is 2. The van der Waals surface area contributed by atoms with Crippen LogP contribution in [0, 0.1) is 0 Å². The van der Waals surface area contributed by atoms with Gasteiger partial charge < -0.3 is 20.4 Å². The van der Waals surface area contributed by atoms with Crippen molar-refractivity contribution in [3.8, 4) is 5.88 Å². The Morgan fingerprint density at radius 2 is 1.80 bits per heavy atom. The van der Waals surface area contributed by atoms with Crippen LogP contribution in [0.1, 0.15) is 15.9 Å². The molecular formula is C22H15BrF5N5O2. The van der Waals surface area contributed by atoms with Gasteiger partial charge in [-0.1, -0.05) is 28.1 Å². The van der Waals surface area contributed by atoms with Crippen molar-refractivity contribution >= 4 is 50.3 Å². The standard InChI is InChI=1S/C22H15BrF5N5O2/c23-11-5-7-12(8-6-11)29-19(34)13-9-16-18(32-20(13)35-10-17(24)25)33-21(31-16)30-15-4-2-1-3-14(15)22(26,27)28/h1-9,17H,10H2,(H,29,34)(H2,30,31,32,33). The highest BCUT2D eigenvalue weighted by Crippen LogP contribution is 2.36. The van der Waals surface area contributed by atoms with E-state index < -0.39 is 36.6 Å². The van der Waals surface area contributed by atoms with Crippen LogP contribution in [0.5, 0.6) is 5.88 Å². The number of aromatic nitrogens is 3. The molecule has 35 heavy (non-hydrogen) atoms. The van der Waals surface area contributed by atoms with E-state index >= 15 is 0 Å². The fraction of sp³-hybridized carbons (Fsp3) is 0.136. The van der Waals surface area contributed by atoms with Crippen molar-refractivity contribution in [1.29, 1.82) is 0 Å². The number of fused-ring (bicyclic) bond motifs is 1. The van der Waals surface area contributed by atoms with E-state index in [0.717, 1.165) is 10.5 Å². The molecule has 0 atom stereocenters. The summed E-state index contributed by atoms with van der Waals surface area (Å²) in [6.07, 6.45) is -7.44. The Kier molecular flexibility index (Phi) is 6.87. The molecule has 2 aromatic carbocycles. The number of halogens is 6. The highest BCUT2D eigenvalue weighted by atomic mass is 79.9. The largest absolute Gasteiger partial charge is 0.471 e. The first-order chi connectivity index (χ1) is 16.6. The van der Waals surface area contributed by atoms with E-state index in [1.165, 1.54) is 24.3 Å². The average molecular weight is 556 g/mol. The summed E-state index contributed by atoms with van der Waals surface area (Å²) in [5.74, 6) is -1.20. The molecule has 182 valence electrons. The number of alkyl halides is 5. The van der Waals surface area contributed by atoms with E-state index in [1.54, 1.807) is 24.3 Å². The molecule has 7 nitrogen and oxygen atoms in total. The number of carbonyl (C=O) groups excluding carboxylic acids is 1. The maximum atomic E-state index is 13.3. The summed E-state index contributed by atoms with van der Waals surface area (Å²) >= 11 is 3.28. The lowest BCUT2D eigenvalue weighted by atomic mass is 10.1. The number of imidazole rings is 1. The second-order valence-corrected chi connectivity index (χ2v) is 8.04. The monoisotopic (exact) mass is 555 g/mol. The fourth-order valence-electron chi connectivity index (χ4n) is 3.10. The number of hydrogen-bond acceptors (Lipinski definition) is 5. The van der Waals surface area contributed by atoms with Crippen LogP contribution < -0.4 is 15.4 Å². The van der Waals surface area contributed by atoms with Gasteiger partial charge >= 0.3 is 6.18 Å². The Bertz CT molecular complexity index is 1360. The molecular weight excluding hydrogens is 541 g/mol. The highest BCUT2D eigenvalue weighted by molar-refractivity contribution is 9.10. The fourth-order valence-corrected chi connectivity index (χ4v) is 3.36. The van der Waals surface area contributed by atoms with Crippen molar-refractivity contribution < 1.29 is 31.5 Å². The number of anilines is 3. The quantitative estimate of drug-likeness (QED) is 0.230. The second kappa shape index (κ2) is 9.86. The van der Waals surface area contributed by atoms with E-state index in [9.17, 15) is 26.7 Å². The predicted octanol–water partition coefficient (Wildman–Crippen LogP) is 6.38. The van der Waals surface area contributed by atoms with Gasteiger partial charge in [-0.2, -0.15) is 23.1 Å². The van der Waals surface area contributed by atoms with Gasteiger partial charge in [0, 0.05) is 10.2 Å². The van der Waals surface area contributed by atoms with E-state index in [1.807, 2.05) is 0 Å². The van der Waals surface area contributed by atoms with E-state index in [0.29, 0.717) is 5.69 Å². The molecule has 2 heterocycles. The van der Waals surface area contributed by atoms with Gasteiger partial charge in [0.15, 0.2) is 12.3 Å². The molecule has 0 radical (unpaired) electrons. The predicted molar refractivity (Wildman–Crippen MR) is 122 cm³/mol. The van der Waals surface area contributed by atoms with Crippen molar-refractivity contribution in [2.45, 2.75) is 12.6 Å². The minimum absolute atomic E-state index is 0.0542. The third-order valence-corrected chi connectivity index (χ3v) is 5.15. The number of H-pyrrole nitrogens is 1. The number of carbonyl (C=O) groups is 1. The number of nitrogens with zero attached hydrogens (tertiary/aromatic N) is 2. The molecule has 1 amide bonds. The van der Waals surface area contributed by atoms with Crippen LogP contribution in [0.3, 0.4) is 0 Å². The maximum Gasteiger partial charge on any atom is 0.418 e. The normalized spacial score (nSPS) is 11.6. The number of para-hydroxylation sites is 1. The first kappa shape index (κ1) is 24.4. The SMILES string of the molecule is O=C(Nc1ccc(Br)cc1)c1cc2[nH]c(Nc3ccccc3C(F)(F)F)nc2nc1OCC(F)F. The van der Waals surface area contributed by atoms with Crippen LogP contribution in [-0.4, -0.2) is 33.9 Å². The van der Waals surface area contributed by atoms with Gasteiger partial charge in [-0.15, -0.1) is 0 Å². The summed E-state index contributed by atoms with van der Waals surface area (Å²) in [5.41, 5.74) is -0.810. The van der Waals surface area contributed by atoms with E-state index in [4.69, 9.17) is 4.74 Å². The zero-order chi connectivity index (χ0) is 25.2. The molecule has 0 aliphatic carbocycles. The van der Waals surface area contributed by atoms with Crippen LogP contribution in [0.25, 0.3) is 11.2 Å². The molecule has 3 N–H and O–H groups in total. The highest BCUT2D eigenvalue weighted by Gasteiger charge is 2.33. The Hall–Kier alpha value is -3.74. The lowest BCUT2D eigenvalue weighted by Crippen LogP contribution is -2.16. The van der Waals surface area contributed by atoms with Crippen molar-refractivity contribution in [2.75, 3.05) is 17.2 Å². The van der Waals surface area contributed by atoms with Crippen LogP contribution in [0.4, 0.5) is 39.3 Å².